The van der Waals surface area contributed by atoms with Crippen LogP contribution >= 0.6 is 15.9 Å². The molecular weight excluding hydrogens is 310 g/mol. The van der Waals surface area contributed by atoms with E-state index in [1.54, 1.807) is 10.7 Å². The summed E-state index contributed by atoms with van der Waals surface area (Å²) in [6.07, 6.45) is 1.80. The molecule has 0 saturated carbocycles. The van der Waals surface area contributed by atoms with E-state index in [2.05, 4.69) is 50.5 Å². The molecule has 0 saturated heterocycles. The van der Waals surface area contributed by atoms with Crippen molar-refractivity contribution in [3.63, 3.8) is 0 Å². The van der Waals surface area contributed by atoms with E-state index in [0.717, 1.165) is 4.47 Å². The van der Waals surface area contributed by atoms with Crippen LogP contribution < -0.4 is 10.6 Å². The monoisotopic (exact) mass is 325 g/mol. The number of hydrogen-bond donors (Lipinski definition) is 2. The molecule has 0 aliphatic rings. The fourth-order valence-corrected chi connectivity index (χ4v) is 1.91. The smallest absolute Gasteiger partial charge is 0.243 e. The van der Waals surface area contributed by atoms with Gasteiger partial charge in [-0.25, -0.2) is 4.52 Å². The number of aromatic nitrogens is 3. The number of carbonyl (C=O) groups excluding carboxylic acids is 1. The van der Waals surface area contributed by atoms with Gasteiger partial charge in [-0.1, -0.05) is 13.8 Å². The third kappa shape index (κ3) is 3.66. The predicted molar refractivity (Wildman–Crippen MR) is 77.0 cm³/mol. The predicted octanol–water partition coefficient (Wildman–Crippen LogP) is 1.68. The van der Waals surface area contributed by atoms with Crippen LogP contribution in [0, 0.1) is 5.92 Å². The lowest BCUT2D eigenvalue weighted by Crippen LogP contribution is -2.32. The van der Waals surface area contributed by atoms with Crippen LogP contribution in [0.4, 0.5) is 5.95 Å². The second kappa shape index (κ2) is 6.01. The van der Waals surface area contributed by atoms with Crippen LogP contribution in [0.2, 0.25) is 0 Å². The van der Waals surface area contributed by atoms with Crippen LogP contribution in [0.1, 0.15) is 13.8 Å². The molecule has 0 fully saturated rings. The Kier molecular flexibility index (Phi) is 4.36. The van der Waals surface area contributed by atoms with Gasteiger partial charge in [0.2, 0.25) is 11.9 Å². The van der Waals surface area contributed by atoms with Crippen molar-refractivity contribution >= 4 is 33.4 Å². The van der Waals surface area contributed by atoms with Crippen LogP contribution in [0.3, 0.4) is 0 Å². The fourth-order valence-electron chi connectivity index (χ4n) is 1.49. The molecule has 0 aromatic carbocycles. The van der Waals surface area contributed by atoms with Crippen molar-refractivity contribution in [3.8, 4) is 0 Å². The summed E-state index contributed by atoms with van der Waals surface area (Å²) < 4.78 is 2.51. The number of nitrogens with zero attached hydrogens (tertiary/aromatic N) is 3. The van der Waals surface area contributed by atoms with Gasteiger partial charge in [-0.3, -0.25) is 4.79 Å². The lowest BCUT2D eigenvalue weighted by molar-refractivity contribution is -0.119. The quantitative estimate of drug-likeness (QED) is 0.877. The first kappa shape index (κ1) is 13.8. The van der Waals surface area contributed by atoms with Gasteiger partial charge < -0.3 is 10.6 Å². The van der Waals surface area contributed by atoms with Gasteiger partial charge in [0.25, 0.3) is 0 Å². The number of fused-ring (bicyclic) bond motifs is 1. The SMILES string of the molecule is CC(C)CNC(=O)CNc1nc2c(Br)cccn2n1. The van der Waals surface area contributed by atoms with Gasteiger partial charge in [0, 0.05) is 12.7 Å². The van der Waals surface area contributed by atoms with Crippen molar-refractivity contribution in [2.24, 2.45) is 5.92 Å². The van der Waals surface area contributed by atoms with E-state index in [1.165, 1.54) is 0 Å². The summed E-state index contributed by atoms with van der Waals surface area (Å²) in [5.41, 5.74) is 0.715. The normalized spacial score (nSPS) is 10.9. The van der Waals surface area contributed by atoms with Crippen LogP contribution in [0.15, 0.2) is 22.8 Å². The molecule has 0 aliphatic heterocycles. The third-order valence-corrected chi connectivity index (χ3v) is 3.05. The summed E-state index contributed by atoms with van der Waals surface area (Å²) >= 11 is 3.40. The minimum absolute atomic E-state index is 0.0633. The maximum absolute atomic E-state index is 11.6. The van der Waals surface area contributed by atoms with Crippen molar-refractivity contribution in [1.29, 1.82) is 0 Å². The van der Waals surface area contributed by atoms with Gasteiger partial charge in [0.15, 0.2) is 5.65 Å². The van der Waals surface area contributed by atoms with Gasteiger partial charge >= 0.3 is 0 Å². The number of pyridine rings is 1. The molecule has 0 unspecified atom stereocenters. The molecule has 0 radical (unpaired) electrons. The van der Waals surface area contributed by atoms with Gasteiger partial charge in [-0.05, 0) is 34.0 Å². The van der Waals surface area contributed by atoms with Crippen molar-refractivity contribution in [2.75, 3.05) is 18.4 Å². The highest BCUT2D eigenvalue weighted by Gasteiger charge is 2.07. The van der Waals surface area contributed by atoms with Crippen molar-refractivity contribution in [3.05, 3.63) is 22.8 Å². The Hall–Kier alpha value is -1.63. The van der Waals surface area contributed by atoms with E-state index < -0.39 is 0 Å². The molecular formula is C12H16BrN5O. The molecule has 19 heavy (non-hydrogen) atoms. The largest absolute Gasteiger partial charge is 0.354 e. The molecule has 0 aliphatic carbocycles. The Morgan fingerprint density at radius 3 is 3.00 bits per heavy atom. The minimum Gasteiger partial charge on any atom is -0.354 e. The average molecular weight is 326 g/mol. The number of anilines is 1. The summed E-state index contributed by atoms with van der Waals surface area (Å²) in [5.74, 6) is 0.812. The summed E-state index contributed by atoms with van der Waals surface area (Å²) in [5, 5.41) is 9.96. The maximum Gasteiger partial charge on any atom is 0.243 e. The molecule has 2 heterocycles. The van der Waals surface area contributed by atoms with Crippen LogP contribution in [-0.2, 0) is 4.79 Å². The van der Waals surface area contributed by atoms with Crippen LogP contribution in [0.5, 0.6) is 0 Å². The third-order valence-electron chi connectivity index (χ3n) is 2.43. The van der Waals surface area contributed by atoms with Crippen molar-refractivity contribution in [2.45, 2.75) is 13.8 Å². The molecule has 1 amide bonds. The molecule has 2 aromatic heterocycles. The Labute approximate surface area is 119 Å². The number of nitrogens with one attached hydrogen (secondary N) is 2. The molecule has 0 bridgehead atoms. The Morgan fingerprint density at radius 1 is 1.53 bits per heavy atom. The summed E-state index contributed by atoms with van der Waals surface area (Å²) in [6.45, 7) is 4.94. The highest BCUT2D eigenvalue weighted by Crippen LogP contribution is 2.16. The standard InChI is InChI=1S/C12H16BrN5O/c1-8(2)6-14-10(19)7-15-12-16-11-9(13)4-3-5-18(11)17-12/h3-5,8H,6-7H2,1-2H3,(H,14,19)(H,15,17). The molecule has 6 nitrogen and oxygen atoms in total. The Bertz CT molecular complexity index is 581. The van der Waals surface area contributed by atoms with Gasteiger partial charge in [0.05, 0.1) is 11.0 Å². The van der Waals surface area contributed by atoms with Gasteiger partial charge in [-0.2, -0.15) is 4.98 Å². The summed E-state index contributed by atoms with van der Waals surface area (Å²) in [6, 6.07) is 3.76. The number of amides is 1. The van der Waals surface area contributed by atoms with E-state index in [9.17, 15) is 4.79 Å². The Morgan fingerprint density at radius 2 is 2.32 bits per heavy atom. The second-order valence-electron chi connectivity index (χ2n) is 4.61. The fraction of sp³-hybridized carbons (Fsp3) is 0.417. The lowest BCUT2D eigenvalue weighted by Gasteiger charge is -2.07. The molecule has 2 rings (SSSR count). The zero-order chi connectivity index (χ0) is 13.8. The van der Waals surface area contributed by atoms with Crippen molar-refractivity contribution < 1.29 is 4.79 Å². The van der Waals surface area contributed by atoms with E-state index in [1.807, 2.05) is 12.1 Å². The van der Waals surface area contributed by atoms with E-state index in [-0.39, 0.29) is 12.5 Å². The zero-order valence-corrected chi connectivity index (χ0v) is 12.4. The minimum atomic E-state index is -0.0633. The average Bonchev–Trinajstić information content (AvgIpc) is 2.78. The number of rotatable bonds is 5. The summed E-state index contributed by atoms with van der Waals surface area (Å²) in [4.78, 5) is 15.9. The highest BCUT2D eigenvalue weighted by atomic mass is 79.9. The lowest BCUT2D eigenvalue weighted by atomic mass is 10.2. The van der Waals surface area contributed by atoms with Crippen LogP contribution in [-0.4, -0.2) is 33.6 Å². The summed E-state index contributed by atoms with van der Waals surface area (Å²) in [7, 11) is 0. The molecule has 0 atom stereocenters. The molecule has 2 N–H and O–H groups in total. The topological polar surface area (TPSA) is 71.3 Å². The molecule has 0 spiro atoms. The Balaban J connectivity index is 1.95. The first-order chi connectivity index (χ1) is 9.06. The number of carbonyl (C=O) groups is 1. The van der Waals surface area contributed by atoms with Gasteiger partial charge in [-0.15, -0.1) is 5.10 Å². The number of halogens is 1. The van der Waals surface area contributed by atoms with Gasteiger partial charge in [0.1, 0.15) is 0 Å². The zero-order valence-electron chi connectivity index (χ0n) is 10.9. The van der Waals surface area contributed by atoms with Crippen LogP contribution in [0.25, 0.3) is 5.65 Å². The molecule has 7 heteroatoms. The first-order valence-corrected chi connectivity index (χ1v) is 6.87. The van der Waals surface area contributed by atoms with E-state index >= 15 is 0 Å². The number of hydrogen-bond acceptors (Lipinski definition) is 4. The first-order valence-electron chi connectivity index (χ1n) is 6.07. The molecule has 2 aromatic rings. The molecule has 102 valence electrons. The maximum atomic E-state index is 11.6. The van der Waals surface area contributed by atoms with E-state index in [4.69, 9.17) is 0 Å². The highest BCUT2D eigenvalue weighted by molar-refractivity contribution is 9.10. The second-order valence-corrected chi connectivity index (χ2v) is 5.47. The van der Waals surface area contributed by atoms with Crippen molar-refractivity contribution in [1.82, 2.24) is 19.9 Å². The van der Waals surface area contributed by atoms with E-state index in [0.29, 0.717) is 24.1 Å².